The highest BCUT2D eigenvalue weighted by molar-refractivity contribution is 5.86. The summed E-state index contributed by atoms with van der Waals surface area (Å²) in [5.41, 5.74) is -1.86. The van der Waals surface area contributed by atoms with Gasteiger partial charge in [-0.1, -0.05) is 0 Å². The molecule has 1 aliphatic rings. The Hall–Kier alpha value is -1.93. The average molecular weight is 269 g/mol. The van der Waals surface area contributed by atoms with Crippen LogP contribution in [0.15, 0.2) is 9.59 Å². The second kappa shape index (κ2) is 5.37. The van der Waals surface area contributed by atoms with Crippen molar-refractivity contribution < 1.29 is 15.0 Å². The number of aromatic nitrogens is 2. The Labute approximate surface area is 107 Å². The van der Waals surface area contributed by atoms with Gasteiger partial charge in [-0.25, -0.2) is 9.59 Å². The van der Waals surface area contributed by atoms with Crippen LogP contribution >= 0.6 is 0 Å². The molecule has 1 saturated heterocycles. The topological polar surface area (TPSA) is 126 Å². The van der Waals surface area contributed by atoms with Crippen molar-refractivity contribution in [3.63, 3.8) is 0 Å². The number of rotatable bonds is 3. The predicted octanol–water partition coefficient (Wildman–Crippen LogP) is -1.28. The number of piperidine rings is 1. The highest BCUT2D eigenvalue weighted by Crippen LogP contribution is 2.13. The minimum absolute atomic E-state index is 0.0310. The third-order valence-corrected chi connectivity index (χ3v) is 3.19. The number of nitrogens with zero attached hydrogens (tertiary/aromatic N) is 1. The van der Waals surface area contributed by atoms with Gasteiger partial charge in [0.15, 0.2) is 0 Å². The molecule has 0 spiro atoms. The number of hydrogen-bond acceptors (Lipinski definition) is 5. The van der Waals surface area contributed by atoms with Crippen LogP contribution in [0, 0.1) is 0 Å². The zero-order valence-corrected chi connectivity index (χ0v) is 10.2. The smallest absolute Gasteiger partial charge is 0.352 e. The number of carbonyl (C=O) groups is 1. The fourth-order valence-corrected chi connectivity index (χ4v) is 2.15. The summed E-state index contributed by atoms with van der Waals surface area (Å²) in [4.78, 5) is 39.8. The molecule has 0 radical (unpaired) electrons. The summed E-state index contributed by atoms with van der Waals surface area (Å²) >= 11 is 0. The van der Waals surface area contributed by atoms with Gasteiger partial charge in [-0.05, 0) is 12.8 Å². The Morgan fingerprint density at radius 2 is 1.89 bits per heavy atom. The SMILES string of the molecule is O=C(O)c1[nH]c(=O)[nH]c(=O)c1CN1CCC(O)CC1. The number of aromatic carboxylic acids is 1. The molecule has 0 saturated carbocycles. The van der Waals surface area contributed by atoms with Crippen molar-refractivity contribution in [3.8, 4) is 0 Å². The third-order valence-electron chi connectivity index (χ3n) is 3.19. The Morgan fingerprint density at radius 3 is 2.47 bits per heavy atom. The number of carboxylic acid groups (broad SMARTS) is 1. The van der Waals surface area contributed by atoms with E-state index in [2.05, 4.69) is 4.98 Å². The van der Waals surface area contributed by atoms with E-state index < -0.39 is 17.2 Å². The maximum absolute atomic E-state index is 11.7. The fourth-order valence-electron chi connectivity index (χ4n) is 2.15. The summed E-state index contributed by atoms with van der Waals surface area (Å²) in [6.07, 6.45) is 0.830. The number of likely N-dealkylation sites (tertiary alicyclic amines) is 1. The van der Waals surface area contributed by atoms with E-state index in [-0.39, 0.29) is 23.9 Å². The number of nitrogens with one attached hydrogen (secondary N) is 2. The zero-order valence-electron chi connectivity index (χ0n) is 10.2. The molecule has 0 bridgehead atoms. The van der Waals surface area contributed by atoms with Crippen molar-refractivity contribution in [1.29, 1.82) is 0 Å². The molecule has 104 valence electrons. The molecule has 1 fully saturated rings. The van der Waals surface area contributed by atoms with Crippen molar-refractivity contribution >= 4 is 5.97 Å². The van der Waals surface area contributed by atoms with Gasteiger partial charge in [0, 0.05) is 19.6 Å². The van der Waals surface area contributed by atoms with Gasteiger partial charge < -0.3 is 15.2 Å². The molecule has 0 aliphatic carbocycles. The second-order valence-corrected chi connectivity index (χ2v) is 4.57. The van der Waals surface area contributed by atoms with Crippen LogP contribution in [0.3, 0.4) is 0 Å². The molecule has 0 amide bonds. The number of aliphatic hydroxyl groups is 1. The maximum atomic E-state index is 11.7. The van der Waals surface area contributed by atoms with Gasteiger partial charge in [0.2, 0.25) is 0 Å². The average Bonchev–Trinajstić information content (AvgIpc) is 2.34. The van der Waals surface area contributed by atoms with E-state index in [4.69, 9.17) is 5.11 Å². The van der Waals surface area contributed by atoms with Gasteiger partial charge in [0.1, 0.15) is 5.69 Å². The first kappa shape index (κ1) is 13.5. The summed E-state index contributed by atoms with van der Waals surface area (Å²) < 4.78 is 0. The van der Waals surface area contributed by atoms with Crippen LogP contribution in [-0.2, 0) is 6.54 Å². The molecule has 1 aliphatic heterocycles. The molecule has 4 N–H and O–H groups in total. The van der Waals surface area contributed by atoms with Gasteiger partial charge in [-0.2, -0.15) is 0 Å². The predicted molar refractivity (Wildman–Crippen MR) is 65.2 cm³/mol. The quantitative estimate of drug-likeness (QED) is 0.541. The van der Waals surface area contributed by atoms with E-state index in [0.717, 1.165) is 0 Å². The monoisotopic (exact) mass is 269 g/mol. The van der Waals surface area contributed by atoms with Crippen LogP contribution in [0.2, 0.25) is 0 Å². The molecule has 19 heavy (non-hydrogen) atoms. The van der Waals surface area contributed by atoms with Gasteiger partial charge in [0.25, 0.3) is 5.56 Å². The lowest BCUT2D eigenvalue weighted by Gasteiger charge is -2.29. The fraction of sp³-hybridized carbons (Fsp3) is 0.545. The number of aliphatic hydroxyl groups excluding tert-OH is 1. The Morgan fingerprint density at radius 1 is 1.26 bits per heavy atom. The second-order valence-electron chi connectivity index (χ2n) is 4.57. The molecule has 1 aromatic rings. The van der Waals surface area contributed by atoms with E-state index in [9.17, 15) is 19.5 Å². The molecule has 0 unspecified atom stereocenters. The van der Waals surface area contributed by atoms with Gasteiger partial charge in [-0.15, -0.1) is 0 Å². The molecule has 8 nitrogen and oxygen atoms in total. The summed E-state index contributed by atoms with van der Waals surface area (Å²) in [5.74, 6) is -1.34. The molecular formula is C11H15N3O5. The first-order chi connectivity index (χ1) is 8.97. The summed E-state index contributed by atoms with van der Waals surface area (Å²) in [6, 6.07) is 0. The number of carboxylic acids is 1. The van der Waals surface area contributed by atoms with Crippen LogP contribution in [0.4, 0.5) is 0 Å². The van der Waals surface area contributed by atoms with E-state index >= 15 is 0 Å². The normalized spacial score (nSPS) is 17.5. The minimum Gasteiger partial charge on any atom is -0.477 e. The van der Waals surface area contributed by atoms with Crippen molar-refractivity contribution in [1.82, 2.24) is 14.9 Å². The largest absolute Gasteiger partial charge is 0.477 e. The number of hydrogen-bond donors (Lipinski definition) is 4. The third kappa shape index (κ3) is 3.09. The first-order valence-electron chi connectivity index (χ1n) is 5.96. The summed E-state index contributed by atoms with van der Waals surface area (Å²) in [6.45, 7) is 1.30. The first-order valence-corrected chi connectivity index (χ1v) is 5.96. The van der Waals surface area contributed by atoms with Gasteiger partial charge in [-0.3, -0.25) is 14.7 Å². The molecule has 2 heterocycles. The van der Waals surface area contributed by atoms with E-state index in [1.165, 1.54) is 0 Å². The molecule has 1 aromatic heterocycles. The van der Waals surface area contributed by atoms with Crippen molar-refractivity contribution in [3.05, 3.63) is 32.1 Å². The highest BCUT2D eigenvalue weighted by Gasteiger charge is 2.22. The van der Waals surface area contributed by atoms with Crippen LogP contribution < -0.4 is 11.2 Å². The number of aromatic amines is 2. The lowest BCUT2D eigenvalue weighted by molar-refractivity contribution is 0.0674. The van der Waals surface area contributed by atoms with E-state index in [1.807, 2.05) is 9.88 Å². The lowest BCUT2D eigenvalue weighted by atomic mass is 10.1. The molecule has 0 aromatic carbocycles. The van der Waals surface area contributed by atoms with E-state index in [0.29, 0.717) is 25.9 Å². The lowest BCUT2D eigenvalue weighted by Crippen LogP contribution is -2.39. The molecule has 8 heteroatoms. The highest BCUT2D eigenvalue weighted by atomic mass is 16.4. The Balaban J connectivity index is 2.27. The Kier molecular flexibility index (Phi) is 3.82. The van der Waals surface area contributed by atoms with Crippen LogP contribution in [-0.4, -0.2) is 50.2 Å². The summed E-state index contributed by atoms with van der Waals surface area (Å²) in [7, 11) is 0. The van der Waals surface area contributed by atoms with Crippen molar-refractivity contribution in [2.75, 3.05) is 13.1 Å². The van der Waals surface area contributed by atoms with Gasteiger partial charge >= 0.3 is 11.7 Å². The number of H-pyrrole nitrogens is 2. The minimum atomic E-state index is -1.34. The molecular weight excluding hydrogens is 254 g/mol. The van der Waals surface area contributed by atoms with Crippen LogP contribution in [0.5, 0.6) is 0 Å². The van der Waals surface area contributed by atoms with Crippen LogP contribution in [0.1, 0.15) is 28.9 Å². The zero-order chi connectivity index (χ0) is 14.0. The van der Waals surface area contributed by atoms with E-state index in [1.54, 1.807) is 0 Å². The maximum Gasteiger partial charge on any atom is 0.352 e. The summed E-state index contributed by atoms with van der Waals surface area (Å²) in [5, 5.41) is 18.4. The van der Waals surface area contributed by atoms with Crippen LogP contribution in [0.25, 0.3) is 0 Å². The van der Waals surface area contributed by atoms with Crippen molar-refractivity contribution in [2.45, 2.75) is 25.5 Å². The molecule has 0 atom stereocenters. The van der Waals surface area contributed by atoms with Gasteiger partial charge in [0.05, 0.1) is 11.7 Å². The van der Waals surface area contributed by atoms with Crippen molar-refractivity contribution in [2.24, 2.45) is 0 Å². The Bertz CT molecular complexity index is 583. The molecule has 2 rings (SSSR count). The standard InChI is InChI=1S/C11H15N3O5/c15-6-1-3-14(4-2-6)5-7-8(10(17)18)12-11(19)13-9(7)16/h6,15H,1-5H2,(H,17,18)(H2,12,13,16,19).